The SMILES string of the molecule is COc1cc2nccc(Oc3ccc4c(c3)CCN4C(=O)CC3CC3)c2cc1OC. The van der Waals surface area contributed by atoms with E-state index in [4.69, 9.17) is 14.2 Å². The summed E-state index contributed by atoms with van der Waals surface area (Å²) >= 11 is 0. The average molecular weight is 404 g/mol. The van der Waals surface area contributed by atoms with Crippen molar-refractivity contribution in [2.45, 2.75) is 25.7 Å². The summed E-state index contributed by atoms with van der Waals surface area (Å²) in [5.41, 5.74) is 2.93. The van der Waals surface area contributed by atoms with Gasteiger partial charge in [0.2, 0.25) is 5.91 Å². The van der Waals surface area contributed by atoms with Gasteiger partial charge < -0.3 is 19.1 Å². The summed E-state index contributed by atoms with van der Waals surface area (Å²) in [4.78, 5) is 18.9. The fourth-order valence-corrected chi connectivity index (χ4v) is 4.04. The molecule has 3 aromatic rings. The van der Waals surface area contributed by atoms with Gasteiger partial charge in [0.1, 0.15) is 11.5 Å². The largest absolute Gasteiger partial charge is 0.493 e. The Kier molecular flexibility index (Phi) is 4.69. The van der Waals surface area contributed by atoms with Gasteiger partial charge in [0.15, 0.2) is 11.5 Å². The molecule has 1 aliphatic heterocycles. The number of rotatable bonds is 6. The third kappa shape index (κ3) is 3.43. The number of pyridine rings is 1. The number of hydrogen-bond acceptors (Lipinski definition) is 5. The van der Waals surface area contributed by atoms with Crippen LogP contribution in [0.2, 0.25) is 0 Å². The molecule has 154 valence electrons. The number of amides is 1. The first kappa shape index (κ1) is 18.7. The third-order valence-electron chi connectivity index (χ3n) is 5.84. The lowest BCUT2D eigenvalue weighted by Gasteiger charge is -2.17. The Morgan fingerprint density at radius 2 is 1.87 bits per heavy atom. The van der Waals surface area contributed by atoms with Crippen molar-refractivity contribution in [1.82, 2.24) is 4.98 Å². The van der Waals surface area contributed by atoms with Gasteiger partial charge in [-0.1, -0.05) is 0 Å². The zero-order valence-corrected chi connectivity index (χ0v) is 17.2. The molecule has 2 aromatic carbocycles. The smallest absolute Gasteiger partial charge is 0.227 e. The van der Waals surface area contributed by atoms with Crippen molar-refractivity contribution in [3.05, 3.63) is 48.2 Å². The highest BCUT2D eigenvalue weighted by molar-refractivity contribution is 5.96. The minimum atomic E-state index is 0.242. The van der Waals surface area contributed by atoms with Crippen molar-refractivity contribution < 1.29 is 19.0 Å². The van der Waals surface area contributed by atoms with Crippen LogP contribution in [0.1, 0.15) is 24.8 Å². The highest BCUT2D eigenvalue weighted by atomic mass is 16.5. The number of anilines is 1. The average Bonchev–Trinajstić information content (AvgIpc) is 3.48. The van der Waals surface area contributed by atoms with E-state index in [1.807, 2.05) is 41.3 Å². The maximum absolute atomic E-state index is 12.6. The first-order valence-corrected chi connectivity index (χ1v) is 10.3. The maximum atomic E-state index is 12.6. The number of aromatic nitrogens is 1. The van der Waals surface area contributed by atoms with Crippen LogP contribution < -0.4 is 19.1 Å². The molecule has 2 heterocycles. The normalized spacial score (nSPS) is 15.2. The van der Waals surface area contributed by atoms with Gasteiger partial charge in [-0.2, -0.15) is 0 Å². The topological polar surface area (TPSA) is 60.9 Å². The van der Waals surface area contributed by atoms with Gasteiger partial charge in [0.25, 0.3) is 0 Å². The molecule has 6 heteroatoms. The van der Waals surface area contributed by atoms with Crippen LogP contribution in [0.25, 0.3) is 10.9 Å². The lowest BCUT2D eigenvalue weighted by molar-refractivity contribution is -0.118. The Labute approximate surface area is 175 Å². The van der Waals surface area contributed by atoms with E-state index in [1.54, 1.807) is 20.4 Å². The van der Waals surface area contributed by atoms with E-state index in [2.05, 4.69) is 4.98 Å². The van der Waals surface area contributed by atoms with E-state index in [1.165, 1.54) is 12.8 Å². The summed E-state index contributed by atoms with van der Waals surface area (Å²) in [6, 6.07) is 11.5. The van der Waals surface area contributed by atoms with Crippen LogP contribution in [0.4, 0.5) is 5.69 Å². The molecule has 1 fully saturated rings. The van der Waals surface area contributed by atoms with Gasteiger partial charge in [0.05, 0.1) is 19.7 Å². The first-order chi connectivity index (χ1) is 14.7. The van der Waals surface area contributed by atoms with Gasteiger partial charge in [-0.3, -0.25) is 9.78 Å². The van der Waals surface area contributed by atoms with E-state index in [-0.39, 0.29) is 5.91 Å². The van der Waals surface area contributed by atoms with Crippen LogP contribution in [0.15, 0.2) is 42.6 Å². The molecule has 0 atom stereocenters. The second-order valence-corrected chi connectivity index (χ2v) is 7.87. The molecule has 1 amide bonds. The zero-order chi connectivity index (χ0) is 20.7. The molecule has 0 spiro atoms. The quantitative estimate of drug-likeness (QED) is 0.594. The van der Waals surface area contributed by atoms with Crippen molar-refractivity contribution in [1.29, 1.82) is 0 Å². The van der Waals surface area contributed by atoms with Crippen LogP contribution in [0.3, 0.4) is 0 Å². The molecular weight excluding hydrogens is 380 g/mol. The predicted molar refractivity (Wildman–Crippen MR) is 115 cm³/mol. The first-order valence-electron chi connectivity index (χ1n) is 10.3. The molecule has 0 bridgehead atoms. The van der Waals surface area contributed by atoms with Gasteiger partial charge in [-0.05, 0) is 61.1 Å². The summed E-state index contributed by atoms with van der Waals surface area (Å²) < 4.78 is 17.0. The minimum absolute atomic E-state index is 0.242. The van der Waals surface area contributed by atoms with Crippen LogP contribution in [0, 0.1) is 5.92 Å². The van der Waals surface area contributed by atoms with Crippen LogP contribution in [0.5, 0.6) is 23.0 Å². The van der Waals surface area contributed by atoms with Crippen molar-refractivity contribution >= 4 is 22.5 Å². The highest BCUT2D eigenvalue weighted by Crippen LogP contribution is 2.39. The molecule has 1 aromatic heterocycles. The van der Waals surface area contributed by atoms with E-state index in [0.29, 0.717) is 29.6 Å². The van der Waals surface area contributed by atoms with Crippen molar-refractivity contribution in [2.24, 2.45) is 5.92 Å². The van der Waals surface area contributed by atoms with Gasteiger partial charge in [-0.25, -0.2) is 0 Å². The number of ether oxygens (including phenoxy) is 3. The summed E-state index contributed by atoms with van der Waals surface area (Å²) in [5, 5.41) is 0.844. The van der Waals surface area contributed by atoms with Crippen molar-refractivity contribution in [3.63, 3.8) is 0 Å². The predicted octanol–water partition coefficient (Wildman–Crippen LogP) is 4.73. The second-order valence-electron chi connectivity index (χ2n) is 7.87. The monoisotopic (exact) mass is 404 g/mol. The number of carbonyl (C=O) groups excluding carboxylic acids is 1. The fraction of sp³-hybridized carbons (Fsp3) is 0.333. The third-order valence-corrected chi connectivity index (χ3v) is 5.84. The molecule has 1 saturated carbocycles. The van der Waals surface area contributed by atoms with Crippen molar-refractivity contribution in [2.75, 3.05) is 25.7 Å². The Morgan fingerprint density at radius 3 is 2.63 bits per heavy atom. The summed E-state index contributed by atoms with van der Waals surface area (Å²) in [5.74, 6) is 3.53. The number of nitrogens with zero attached hydrogens (tertiary/aromatic N) is 2. The molecule has 0 radical (unpaired) electrons. The molecule has 0 saturated heterocycles. The summed E-state index contributed by atoms with van der Waals surface area (Å²) in [6.45, 7) is 0.750. The molecule has 6 nitrogen and oxygen atoms in total. The molecule has 5 rings (SSSR count). The number of benzene rings is 2. The Balaban J connectivity index is 1.42. The van der Waals surface area contributed by atoms with E-state index in [9.17, 15) is 4.79 Å². The standard InChI is InChI=1S/C24H24N2O4/c1-28-22-13-18-19(14-23(22)29-2)25-9-7-21(18)30-17-5-6-20-16(12-17)8-10-26(20)24(27)11-15-3-4-15/h5-7,9,12-15H,3-4,8,10-11H2,1-2H3. The molecular formula is C24H24N2O4. The van der Waals surface area contributed by atoms with Crippen LogP contribution in [-0.4, -0.2) is 31.7 Å². The lowest BCUT2D eigenvalue weighted by atomic mass is 10.1. The minimum Gasteiger partial charge on any atom is -0.493 e. The van der Waals surface area contributed by atoms with Gasteiger partial charge in [0, 0.05) is 36.3 Å². The molecule has 0 N–H and O–H groups in total. The van der Waals surface area contributed by atoms with Gasteiger partial charge in [-0.15, -0.1) is 0 Å². The van der Waals surface area contributed by atoms with E-state index >= 15 is 0 Å². The summed E-state index contributed by atoms with van der Waals surface area (Å²) in [6.07, 6.45) is 5.62. The molecule has 1 aliphatic carbocycles. The van der Waals surface area contributed by atoms with E-state index in [0.717, 1.165) is 40.9 Å². The number of methoxy groups -OCH3 is 2. The molecule has 2 aliphatic rings. The highest BCUT2D eigenvalue weighted by Gasteiger charge is 2.30. The maximum Gasteiger partial charge on any atom is 0.227 e. The number of carbonyl (C=O) groups is 1. The Bertz CT molecular complexity index is 1120. The Hall–Kier alpha value is -3.28. The van der Waals surface area contributed by atoms with Crippen LogP contribution >= 0.6 is 0 Å². The van der Waals surface area contributed by atoms with Crippen molar-refractivity contribution in [3.8, 4) is 23.0 Å². The van der Waals surface area contributed by atoms with Crippen LogP contribution in [-0.2, 0) is 11.2 Å². The lowest BCUT2D eigenvalue weighted by Crippen LogP contribution is -2.28. The number of hydrogen-bond donors (Lipinski definition) is 0. The molecule has 0 unspecified atom stereocenters. The molecule has 30 heavy (non-hydrogen) atoms. The number of fused-ring (bicyclic) bond motifs is 2. The van der Waals surface area contributed by atoms with Gasteiger partial charge >= 0.3 is 0 Å². The fourth-order valence-electron chi connectivity index (χ4n) is 4.04. The Morgan fingerprint density at radius 1 is 1.07 bits per heavy atom. The summed E-state index contributed by atoms with van der Waals surface area (Å²) in [7, 11) is 3.21. The zero-order valence-electron chi connectivity index (χ0n) is 17.2. The second kappa shape index (κ2) is 7.52. The van der Waals surface area contributed by atoms with E-state index < -0.39 is 0 Å².